The third-order valence-electron chi connectivity index (χ3n) is 3.38. The van der Waals surface area contributed by atoms with E-state index in [-0.39, 0.29) is 35.9 Å². The van der Waals surface area contributed by atoms with Crippen LogP contribution in [-0.2, 0) is 9.53 Å². The van der Waals surface area contributed by atoms with Gasteiger partial charge in [-0.3, -0.25) is 9.59 Å². The number of hydrogen-bond donors (Lipinski definition) is 3. The molecule has 0 unspecified atom stereocenters. The fourth-order valence-electron chi connectivity index (χ4n) is 1.75. The van der Waals surface area contributed by atoms with Crippen molar-refractivity contribution in [3.8, 4) is 0 Å². The largest absolute Gasteiger partial charge is 0.462 e. The third kappa shape index (κ3) is 6.03. The van der Waals surface area contributed by atoms with Gasteiger partial charge >= 0.3 is 5.97 Å². The van der Waals surface area contributed by atoms with Crippen molar-refractivity contribution in [2.24, 2.45) is 5.16 Å². The van der Waals surface area contributed by atoms with Crippen molar-refractivity contribution in [3.63, 3.8) is 0 Å². The van der Waals surface area contributed by atoms with Crippen molar-refractivity contribution in [1.82, 2.24) is 15.8 Å². The number of carbonyl (C=O) groups excluding carboxylic acids is 3. The molecule has 10 nitrogen and oxygen atoms in total. The van der Waals surface area contributed by atoms with Gasteiger partial charge < -0.3 is 25.1 Å². The average Bonchev–Trinajstić information content (AvgIpc) is 3.55. The third-order valence-corrected chi connectivity index (χ3v) is 3.63. The maximum atomic E-state index is 11.6. The van der Waals surface area contributed by atoms with E-state index in [1.54, 1.807) is 6.92 Å². The zero-order valence-electron chi connectivity index (χ0n) is 14.0. The summed E-state index contributed by atoms with van der Waals surface area (Å²) < 4.78 is 9.40. The Morgan fingerprint density at radius 3 is 2.46 bits per heavy atom. The summed E-state index contributed by atoms with van der Waals surface area (Å²) in [6, 6.07) is 0.447. The number of nitrogens with one attached hydrogen (secondary N) is 2. The predicted molar refractivity (Wildman–Crippen MR) is 89.2 cm³/mol. The Bertz CT molecular complexity index is 696. The summed E-state index contributed by atoms with van der Waals surface area (Å²) in [6.45, 7) is 1.93. The first kappa shape index (κ1) is 19.7. The van der Waals surface area contributed by atoms with Crippen LogP contribution < -0.4 is 10.6 Å². The Hall–Kier alpha value is -2.62. The van der Waals surface area contributed by atoms with E-state index in [2.05, 4.69) is 25.5 Å². The molecule has 2 amide bonds. The van der Waals surface area contributed by atoms with Crippen LogP contribution in [0.1, 0.15) is 53.5 Å². The molecule has 1 aromatic heterocycles. The molecule has 0 aliphatic heterocycles. The SMILES string of the molecule is CCOC(=O)c1conc1C(=O)NC1CC1.O=C(NC1CC1)C(Cl)=NO. The first-order valence-electron chi connectivity index (χ1n) is 8.07. The van der Waals surface area contributed by atoms with Crippen molar-refractivity contribution in [2.45, 2.75) is 44.7 Å². The van der Waals surface area contributed by atoms with Gasteiger partial charge in [0.1, 0.15) is 11.8 Å². The van der Waals surface area contributed by atoms with Gasteiger partial charge in [0.25, 0.3) is 11.8 Å². The number of esters is 1. The highest BCUT2D eigenvalue weighted by Crippen LogP contribution is 2.20. The number of oxime groups is 1. The molecule has 3 N–H and O–H groups in total. The van der Waals surface area contributed by atoms with Gasteiger partial charge in [0, 0.05) is 12.1 Å². The highest BCUT2D eigenvalue weighted by Gasteiger charge is 2.28. The lowest BCUT2D eigenvalue weighted by Crippen LogP contribution is -2.29. The van der Waals surface area contributed by atoms with Crippen LogP contribution in [0.4, 0.5) is 0 Å². The fourth-order valence-corrected chi connectivity index (χ4v) is 1.81. The zero-order valence-corrected chi connectivity index (χ0v) is 14.8. The molecule has 0 bridgehead atoms. The van der Waals surface area contributed by atoms with Crippen molar-refractivity contribution in [1.29, 1.82) is 0 Å². The molecule has 11 heteroatoms. The second-order valence-corrected chi connectivity index (χ2v) is 6.04. The van der Waals surface area contributed by atoms with E-state index in [0.717, 1.165) is 31.9 Å². The summed E-state index contributed by atoms with van der Waals surface area (Å²) in [7, 11) is 0. The van der Waals surface area contributed by atoms with Crippen LogP contribution in [0.25, 0.3) is 0 Å². The highest BCUT2D eigenvalue weighted by molar-refractivity contribution is 6.82. The molecule has 1 heterocycles. The Labute approximate surface area is 153 Å². The van der Waals surface area contributed by atoms with Crippen LogP contribution >= 0.6 is 11.6 Å². The first-order valence-corrected chi connectivity index (χ1v) is 8.44. The quantitative estimate of drug-likeness (QED) is 0.287. The molecule has 2 aliphatic rings. The Balaban J connectivity index is 0.000000209. The number of carbonyl (C=O) groups is 3. The van der Waals surface area contributed by atoms with Crippen LogP contribution in [0.3, 0.4) is 0 Å². The molecule has 0 aromatic carbocycles. The topological polar surface area (TPSA) is 143 Å². The van der Waals surface area contributed by atoms with Gasteiger partial charge in [-0.2, -0.15) is 0 Å². The van der Waals surface area contributed by atoms with Crippen molar-refractivity contribution >= 4 is 34.6 Å². The maximum Gasteiger partial charge on any atom is 0.343 e. The fraction of sp³-hybridized carbons (Fsp3) is 0.533. The number of nitrogens with zero attached hydrogens (tertiary/aromatic N) is 2. The number of amides is 2. The summed E-state index contributed by atoms with van der Waals surface area (Å²) in [4.78, 5) is 33.8. The lowest BCUT2D eigenvalue weighted by molar-refractivity contribution is -0.114. The minimum absolute atomic E-state index is 0.00894. The van der Waals surface area contributed by atoms with E-state index in [1.165, 1.54) is 0 Å². The monoisotopic (exact) mass is 386 g/mol. The molecule has 0 spiro atoms. The van der Waals surface area contributed by atoms with Gasteiger partial charge in [0.2, 0.25) is 5.17 Å². The second-order valence-electron chi connectivity index (χ2n) is 5.68. The lowest BCUT2D eigenvalue weighted by Gasteiger charge is -2.01. The van der Waals surface area contributed by atoms with Gasteiger partial charge in [-0.25, -0.2) is 4.79 Å². The van der Waals surface area contributed by atoms with Crippen LogP contribution in [0.15, 0.2) is 15.9 Å². The van der Waals surface area contributed by atoms with Crippen LogP contribution in [0.2, 0.25) is 0 Å². The second kappa shape index (κ2) is 9.18. The molecule has 142 valence electrons. The summed E-state index contributed by atoms with van der Waals surface area (Å²) in [5, 5.41) is 18.9. The van der Waals surface area contributed by atoms with E-state index in [4.69, 9.17) is 21.5 Å². The minimum atomic E-state index is -0.593. The summed E-state index contributed by atoms with van der Waals surface area (Å²) in [6.07, 6.45) is 5.04. The highest BCUT2D eigenvalue weighted by atomic mass is 35.5. The molecule has 0 saturated heterocycles. The van der Waals surface area contributed by atoms with E-state index >= 15 is 0 Å². The van der Waals surface area contributed by atoms with Gasteiger partial charge in [0.05, 0.1) is 6.61 Å². The van der Waals surface area contributed by atoms with E-state index in [0.29, 0.717) is 0 Å². The van der Waals surface area contributed by atoms with Crippen LogP contribution in [0.5, 0.6) is 0 Å². The van der Waals surface area contributed by atoms with E-state index in [9.17, 15) is 14.4 Å². The summed E-state index contributed by atoms with van der Waals surface area (Å²) in [5.41, 5.74) is 0.0605. The molecule has 2 saturated carbocycles. The molecule has 3 rings (SSSR count). The average molecular weight is 387 g/mol. The molecule has 2 aliphatic carbocycles. The van der Waals surface area contributed by atoms with Gasteiger partial charge in [0.15, 0.2) is 5.69 Å². The normalized spacial score (nSPS) is 16.2. The Kier molecular flexibility index (Phi) is 6.96. The molecule has 2 fully saturated rings. The first-order chi connectivity index (χ1) is 12.5. The summed E-state index contributed by atoms with van der Waals surface area (Å²) >= 11 is 5.18. The van der Waals surface area contributed by atoms with Crippen LogP contribution in [-0.4, -0.2) is 52.0 Å². The Morgan fingerprint density at radius 1 is 1.31 bits per heavy atom. The number of aromatic nitrogens is 1. The lowest BCUT2D eigenvalue weighted by atomic mass is 10.2. The smallest absolute Gasteiger partial charge is 0.343 e. The molecule has 26 heavy (non-hydrogen) atoms. The minimum Gasteiger partial charge on any atom is -0.462 e. The number of rotatable bonds is 6. The van der Waals surface area contributed by atoms with E-state index in [1.807, 2.05) is 0 Å². The molecular formula is C15H19ClN4O6. The van der Waals surface area contributed by atoms with Crippen LogP contribution in [0, 0.1) is 0 Å². The Morgan fingerprint density at radius 2 is 1.92 bits per heavy atom. The van der Waals surface area contributed by atoms with E-state index < -0.39 is 17.0 Å². The number of ether oxygens (including phenoxy) is 1. The number of hydrogen-bond acceptors (Lipinski definition) is 8. The van der Waals surface area contributed by atoms with Crippen molar-refractivity contribution in [2.75, 3.05) is 6.61 Å². The standard InChI is InChI=1S/C10H12N2O4.C5H7ClN2O2/c1-2-15-10(14)7-5-16-12-8(7)9(13)11-6-3-4-6;6-4(8-10)5(9)7-3-1-2-3/h5-6H,2-4H2,1H3,(H,11,13);3,10H,1-2H2,(H,7,9). The van der Waals surface area contributed by atoms with Gasteiger partial charge in [-0.15, -0.1) is 0 Å². The zero-order chi connectivity index (χ0) is 19.1. The van der Waals surface area contributed by atoms with Gasteiger partial charge in [-0.1, -0.05) is 21.9 Å². The number of halogens is 1. The van der Waals surface area contributed by atoms with Crippen molar-refractivity contribution in [3.05, 3.63) is 17.5 Å². The maximum absolute atomic E-state index is 11.6. The van der Waals surface area contributed by atoms with Gasteiger partial charge in [-0.05, 0) is 32.6 Å². The molecule has 1 aromatic rings. The molecular weight excluding hydrogens is 368 g/mol. The summed E-state index contributed by atoms with van der Waals surface area (Å²) in [5.74, 6) is -1.49. The predicted octanol–water partition coefficient (Wildman–Crippen LogP) is 1.04. The molecule has 0 atom stereocenters. The van der Waals surface area contributed by atoms with Crippen molar-refractivity contribution < 1.29 is 28.9 Å². The molecule has 0 radical (unpaired) electrons.